The summed E-state index contributed by atoms with van der Waals surface area (Å²) in [6, 6.07) is 10.1. The van der Waals surface area contributed by atoms with E-state index in [0.29, 0.717) is 6.42 Å². The monoisotopic (exact) mass is 290 g/mol. The number of hydrogen-bond donors (Lipinski definition) is 2. The molecule has 2 unspecified atom stereocenters. The van der Waals surface area contributed by atoms with Crippen LogP contribution in [0.1, 0.15) is 40.6 Å². The van der Waals surface area contributed by atoms with Gasteiger partial charge in [-0.15, -0.1) is 11.3 Å². The Kier molecular flexibility index (Phi) is 5.29. The van der Waals surface area contributed by atoms with E-state index < -0.39 is 6.10 Å². The van der Waals surface area contributed by atoms with E-state index in [1.807, 2.05) is 44.2 Å². The van der Waals surface area contributed by atoms with Crippen LogP contribution in [-0.4, -0.2) is 16.1 Å². The molecule has 0 spiro atoms. The first-order valence-electron chi connectivity index (χ1n) is 6.95. The van der Waals surface area contributed by atoms with Gasteiger partial charge in [-0.1, -0.05) is 30.3 Å². The summed E-state index contributed by atoms with van der Waals surface area (Å²) in [5, 5.41) is 14.8. The summed E-state index contributed by atoms with van der Waals surface area (Å²) in [7, 11) is 0. The zero-order valence-electron chi connectivity index (χ0n) is 12.3. The summed E-state index contributed by atoms with van der Waals surface area (Å²) < 4.78 is 0. The molecule has 0 aliphatic heterocycles. The van der Waals surface area contributed by atoms with Crippen LogP contribution in [0.25, 0.3) is 0 Å². The number of aliphatic hydroxyl groups excluding tert-OH is 1. The number of benzene rings is 1. The molecule has 2 atom stereocenters. The molecule has 4 heteroatoms. The van der Waals surface area contributed by atoms with E-state index in [2.05, 4.69) is 17.2 Å². The highest BCUT2D eigenvalue weighted by molar-refractivity contribution is 7.11. The Bertz CT molecular complexity index is 539. The Morgan fingerprint density at radius 2 is 1.95 bits per heavy atom. The topological polar surface area (TPSA) is 45.2 Å². The minimum atomic E-state index is -0.414. The second kappa shape index (κ2) is 6.97. The number of nitrogens with zero attached hydrogens (tertiary/aromatic N) is 1. The minimum absolute atomic E-state index is 0.256. The van der Waals surface area contributed by atoms with Gasteiger partial charge < -0.3 is 10.4 Å². The fraction of sp³-hybridized carbons (Fsp3) is 0.438. The van der Waals surface area contributed by atoms with Crippen molar-refractivity contribution in [3.63, 3.8) is 0 Å². The van der Waals surface area contributed by atoms with Crippen molar-refractivity contribution < 1.29 is 5.11 Å². The Morgan fingerprint density at radius 1 is 1.25 bits per heavy atom. The van der Waals surface area contributed by atoms with E-state index in [4.69, 9.17) is 0 Å². The van der Waals surface area contributed by atoms with Gasteiger partial charge in [0.25, 0.3) is 0 Å². The van der Waals surface area contributed by atoms with Gasteiger partial charge >= 0.3 is 0 Å². The fourth-order valence-electron chi connectivity index (χ4n) is 2.23. The number of nitrogens with one attached hydrogen (secondary N) is 1. The Balaban J connectivity index is 1.83. The SMILES string of the molecule is Cc1nc(C)c(CNC(C)CC(O)c2ccccc2)s1. The third-order valence-corrected chi connectivity index (χ3v) is 4.44. The lowest BCUT2D eigenvalue weighted by atomic mass is 10.0. The van der Waals surface area contributed by atoms with Crippen molar-refractivity contribution in [3.05, 3.63) is 51.5 Å². The molecule has 1 aromatic heterocycles. The molecule has 0 saturated heterocycles. The molecule has 3 nitrogen and oxygen atoms in total. The molecule has 0 amide bonds. The number of rotatable bonds is 6. The molecule has 1 aromatic carbocycles. The van der Waals surface area contributed by atoms with E-state index in [9.17, 15) is 5.11 Å². The Labute approximate surface area is 124 Å². The minimum Gasteiger partial charge on any atom is -0.388 e. The zero-order chi connectivity index (χ0) is 14.5. The van der Waals surface area contributed by atoms with Crippen molar-refractivity contribution in [1.82, 2.24) is 10.3 Å². The maximum atomic E-state index is 10.2. The molecule has 2 N–H and O–H groups in total. The molecule has 0 fully saturated rings. The van der Waals surface area contributed by atoms with Crippen LogP contribution in [-0.2, 0) is 6.54 Å². The molecule has 20 heavy (non-hydrogen) atoms. The lowest BCUT2D eigenvalue weighted by molar-refractivity contribution is 0.154. The van der Waals surface area contributed by atoms with E-state index in [0.717, 1.165) is 22.8 Å². The van der Waals surface area contributed by atoms with Gasteiger partial charge in [-0.2, -0.15) is 0 Å². The average molecular weight is 290 g/mol. The first kappa shape index (κ1) is 15.2. The van der Waals surface area contributed by atoms with Crippen molar-refractivity contribution in [2.75, 3.05) is 0 Å². The molecule has 2 rings (SSSR count). The highest BCUT2D eigenvalue weighted by atomic mass is 32.1. The predicted molar refractivity (Wildman–Crippen MR) is 83.9 cm³/mol. The van der Waals surface area contributed by atoms with E-state index in [-0.39, 0.29) is 6.04 Å². The van der Waals surface area contributed by atoms with Crippen LogP contribution in [0, 0.1) is 13.8 Å². The third kappa shape index (κ3) is 4.13. The number of hydrogen-bond acceptors (Lipinski definition) is 4. The molecule has 1 heterocycles. The second-order valence-corrected chi connectivity index (χ2v) is 6.47. The average Bonchev–Trinajstić information content (AvgIpc) is 2.75. The standard InChI is InChI=1S/C16H22N2OS/c1-11(9-15(19)14-7-5-4-6-8-14)17-10-16-12(2)18-13(3)20-16/h4-8,11,15,17,19H,9-10H2,1-3H3. The third-order valence-electron chi connectivity index (χ3n) is 3.37. The maximum Gasteiger partial charge on any atom is 0.0900 e. The van der Waals surface area contributed by atoms with Gasteiger partial charge in [0.15, 0.2) is 0 Å². The van der Waals surface area contributed by atoms with Crippen molar-refractivity contribution >= 4 is 11.3 Å². The van der Waals surface area contributed by atoms with Gasteiger partial charge in [0.05, 0.1) is 16.8 Å². The number of aliphatic hydroxyl groups is 1. The van der Waals surface area contributed by atoms with Gasteiger partial charge in [0.1, 0.15) is 0 Å². The fourth-order valence-corrected chi connectivity index (χ4v) is 3.12. The maximum absolute atomic E-state index is 10.2. The molecule has 0 bridgehead atoms. The molecular weight excluding hydrogens is 268 g/mol. The van der Waals surface area contributed by atoms with Crippen LogP contribution in [0.4, 0.5) is 0 Å². The highest BCUT2D eigenvalue weighted by Gasteiger charge is 2.13. The predicted octanol–water partition coefficient (Wildman–Crippen LogP) is 3.36. The largest absolute Gasteiger partial charge is 0.388 e. The molecule has 0 aliphatic rings. The van der Waals surface area contributed by atoms with Gasteiger partial charge in [0.2, 0.25) is 0 Å². The highest BCUT2D eigenvalue weighted by Crippen LogP contribution is 2.19. The summed E-state index contributed by atoms with van der Waals surface area (Å²) >= 11 is 1.74. The van der Waals surface area contributed by atoms with Crippen LogP contribution in [0.3, 0.4) is 0 Å². The van der Waals surface area contributed by atoms with Crippen LogP contribution in [0.15, 0.2) is 30.3 Å². The van der Waals surface area contributed by atoms with Crippen molar-refractivity contribution in [2.24, 2.45) is 0 Å². The molecule has 0 saturated carbocycles. The van der Waals surface area contributed by atoms with Gasteiger partial charge in [0, 0.05) is 17.5 Å². The summed E-state index contributed by atoms with van der Waals surface area (Å²) in [4.78, 5) is 5.71. The Morgan fingerprint density at radius 3 is 2.55 bits per heavy atom. The quantitative estimate of drug-likeness (QED) is 0.857. The second-order valence-electron chi connectivity index (χ2n) is 5.19. The number of aromatic nitrogens is 1. The van der Waals surface area contributed by atoms with Gasteiger partial charge in [-0.05, 0) is 32.8 Å². The van der Waals surface area contributed by atoms with Crippen LogP contribution in [0.2, 0.25) is 0 Å². The smallest absolute Gasteiger partial charge is 0.0900 e. The molecule has 0 aliphatic carbocycles. The lowest BCUT2D eigenvalue weighted by Gasteiger charge is -2.18. The first-order chi connectivity index (χ1) is 9.56. The van der Waals surface area contributed by atoms with Gasteiger partial charge in [-0.3, -0.25) is 0 Å². The Hall–Kier alpha value is -1.23. The van der Waals surface area contributed by atoms with Crippen LogP contribution < -0.4 is 5.32 Å². The first-order valence-corrected chi connectivity index (χ1v) is 7.77. The zero-order valence-corrected chi connectivity index (χ0v) is 13.1. The van der Waals surface area contributed by atoms with Crippen LogP contribution >= 0.6 is 11.3 Å². The summed E-state index contributed by atoms with van der Waals surface area (Å²) in [6.45, 7) is 7.00. The molecular formula is C16H22N2OS. The normalized spacial score (nSPS) is 14.2. The van der Waals surface area contributed by atoms with Gasteiger partial charge in [-0.25, -0.2) is 4.98 Å². The molecule has 0 radical (unpaired) electrons. The van der Waals surface area contributed by atoms with Crippen molar-refractivity contribution in [3.8, 4) is 0 Å². The lowest BCUT2D eigenvalue weighted by Crippen LogP contribution is -2.27. The van der Waals surface area contributed by atoms with E-state index in [1.54, 1.807) is 11.3 Å². The van der Waals surface area contributed by atoms with E-state index in [1.165, 1.54) is 4.88 Å². The summed E-state index contributed by atoms with van der Waals surface area (Å²) in [6.07, 6.45) is 0.295. The van der Waals surface area contributed by atoms with Crippen LogP contribution in [0.5, 0.6) is 0 Å². The molecule has 2 aromatic rings. The number of aryl methyl sites for hydroxylation is 2. The van der Waals surface area contributed by atoms with Crippen molar-refractivity contribution in [2.45, 2.75) is 45.9 Å². The van der Waals surface area contributed by atoms with E-state index >= 15 is 0 Å². The molecule has 108 valence electrons. The van der Waals surface area contributed by atoms with Crippen molar-refractivity contribution in [1.29, 1.82) is 0 Å². The summed E-state index contributed by atoms with van der Waals surface area (Å²) in [5.41, 5.74) is 2.08. The summed E-state index contributed by atoms with van der Waals surface area (Å²) in [5.74, 6) is 0. The number of thiazole rings is 1.